The lowest BCUT2D eigenvalue weighted by molar-refractivity contribution is -0.143. The lowest BCUT2D eigenvalue weighted by atomic mass is 10.1. The fourth-order valence-electron chi connectivity index (χ4n) is 4.35. The van der Waals surface area contributed by atoms with Gasteiger partial charge in [-0.2, -0.15) is 26.3 Å². The van der Waals surface area contributed by atoms with Crippen LogP contribution in [0.3, 0.4) is 0 Å². The molecule has 202 valence electrons. The second-order valence-corrected chi connectivity index (χ2v) is 11.2. The second kappa shape index (κ2) is 10.9. The number of fused-ring (bicyclic) bond motifs is 1. The van der Waals surface area contributed by atoms with Crippen LogP contribution in [0.15, 0.2) is 114 Å². The highest BCUT2D eigenvalue weighted by Gasteiger charge is 2.37. The molecule has 1 aromatic heterocycles. The summed E-state index contributed by atoms with van der Waals surface area (Å²) in [5, 5.41) is 4.04. The van der Waals surface area contributed by atoms with E-state index in [0.717, 1.165) is 21.3 Å². The van der Waals surface area contributed by atoms with Crippen LogP contribution in [0.25, 0.3) is 10.9 Å². The molecule has 0 aliphatic rings. The van der Waals surface area contributed by atoms with Gasteiger partial charge in [0.05, 0.1) is 33.7 Å². The quantitative estimate of drug-likeness (QED) is 0.120. The fraction of sp³-hybridized carbons (Fsp3) is 0.0968. The minimum Gasteiger partial charge on any atom is -0.251 e. The smallest absolute Gasteiger partial charge is 0.251 e. The maximum Gasteiger partial charge on any atom is 0.416 e. The van der Waals surface area contributed by atoms with Crippen LogP contribution < -0.4 is 15.9 Å². The van der Waals surface area contributed by atoms with Crippen molar-refractivity contribution in [3.63, 3.8) is 0 Å². The molecule has 0 aliphatic heterocycles. The predicted molar refractivity (Wildman–Crippen MR) is 149 cm³/mol. The predicted octanol–water partition coefficient (Wildman–Crippen LogP) is 8.17. The van der Waals surface area contributed by atoms with Crippen LogP contribution >= 0.6 is 7.92 Å². The summed E-state index contributed by atoms with van der Waals surface area (Å²) in [5.74, 6) is 0. The summed E-state index contributed by atoms with van der Waals surface area (Å²) >= 11 is 0. The van der Waals surface area contributed by atoms with Crippen LogP contribution in [0.1, 0.15) is 23.7 Å². The number of benzene rings is 4. The van der Waals surface area contributed by atoms with Crippen LogP contribution in [0.4, 0.5) is 32.0 Å². The van der Waals surface area contributed by atoms with E-state index in [1.807, 2.05) is 60.7 Å². The Labute approximate surface area is 227 Å². The Bertz CT molecular complexity index is 1610. The number of halogens is 6. The Morgan fingerprint density at radius 2 is 1.20 bits per heavy atom. The average Bonchev–Trinajstić information content (AvgIpc) is 2.93. The average molecular weight is 566 g/mol. The minimum absolute atomic E-state index is 0.0877. The van der Waals surface area contributed by atoms with Crippen molar-refractivity contribution >= 4 is 46.1 Å². The number of aliphatic imine (C=N–C) groups is 1. The highest BCUT2D eigenvalue weighted by atomic mass is 31.1. The van der Waals surface area contributed by atoms with Gasteiger partial charge in [-0.15, -0.1) is 0 Å². The Hall–Kier alpha value is -4.03. The van der Waals surface area contributed by atoms with Gasteiger partial charge in [0.25, 0.3) is 0 Å². The number of hydrogen-bond acceptors (Lipinski definition) is 2. The zero-order chi connectivity index (χ0) is 28.5. The largest absolute Gasteiger partial charge is 0.416 e. The molecule has 0 atom stereocenters. The molecule has 0 N–H and O–H groups in total. The van der Waals surface area contributed by atoms with Crippen LogP contribution in [0.2, 0.25) is 0 Å². The van der Waals surface area contributed by atoms with Gasteiger partial charge in [-0.1, -0.05) is 84.9 Å². The van der Waals surface area contributed by atoms with E-state index in [1.54, 1.807) is 6.07 Å². The van der Waals surface area contributed by atoms with Crippen LogP contribution in [0.5, 0.6) is 0 Å². The van der Waals surface area contributed by atoms with E-state index in [0.29, 0.717) is 23.3 Å². The zero-order valence-corrected chi connectivity index (χ0v) is 21.9. The van der Waals surface area contributed by atoms with Crippen molar-refractivity contribution in [2.75, 3.05) is 0 Å². The first kappa shape index (κ1) is 27.5. The van der Waals surface area contributed by atoms with Crippen LogP contribution in [-0.2, 0) is 12.4 Å². The third kappa shape index (κ3) is 5.92. The molecule has 0 saturated carbocycles. The SMILES string of the molecule is CC(=Nc1cc(C(F)(F)F)cc(C(F)(F)F)c1)c1ccc2cccc(P(c3ccccc3)c3ccccc3)c2n1. The van der Waals surface area contributed by atoms with E-state index in [9.17, 15) is 26.3 Å². The van der Waals surface area contributed by atoms with Gasteiger partial charge in [-0.3, -0.25) is 4.99 Å². The summed E-state index contributed by atoms with van der Waals surface area (Å²) in [6.07, 6.45) is -9.91. The number of rotatable bonds is 5. The molecule has 5 aromatic rings. The number of para-hydroxylation sites is 1. The number of alkyl halides is 6. The molecule has 0 aliphatic carbocycles. The lowest BCUT2D eigenvalue weighted by Gasteiger charge is -2.21. The standard InChI is InChI=1S/C31H21F6N2P/c1-20(38-24-18-22(30(32,33)34)17-23(19-24)31(35,36)37)27-16-15-21-9-8-14-28(29(21)39-27)40(25-10-4-2-5-11-25)26-12-6-3-7-13-26/h2-19H,1H3. The molecule has 0 saturated heterocycles. The monoisotopic (exact) mass is 566 g/mol. The van der Waals surface area contributed by atoms with Crippen LogP contribution in [-0.4, -0.2) is 10.7 Å². The highest BCUT2D eigenvalue weighted by Crippen LogP contribution is 2.39. The summed E-state index contributed by atoms with van der Waals surface area (Å²) in [7, 11) is -1.01. The molecule has 0 bridgehead atoms. The van der Waals surface area contributed by atoms with Gasteiger partial charge in [0.1, 0.15) is 0 Å². The van der Waals surface area contributed by atoms with Crippen molar-refractivity contribution < 1.29 is 26.3 Å². The van der Waals surface area contributed by atoms with E-state index in [4.69, 9.17) is 4.98 Å². The summed E-state index contributed by atoms with van der Waals surface area (Å²) in [6, 6.07) is 30.6. The topological polar surface area (TPSA) is 25.2 Å². The van der Waals surface area contributed by atoms with Crippen molar-refractivity contribution in [3.05, 3.63) is 126 Å². The molecule has 5 rings (SSSR count). The lowest BCUT2D eigenvalue weighted by Crippen LogP contribution is -2.22. The molecule has 0 unspecified atom stereocenters. The molecule has 0 radical (unpaired) electrons. The summed E-state index contributed by atoms with van der Waals surface area (Å²) in [6.45, 7) is 1.52. The Balaban J connectivity index is 1.64. The summed E-state index contributed by atoms with van der Waals surface area (Å²) < 4.78 is 80.1. The van der Waals surface area contributed by atoms with Gasteiger partial charge in [0.2, 0.25) is 0 Å². The molecule has 9 heteroatoms. The Morgan fingerprint density at radius 1 is 0.650 bits per heavy atom. The number of aromatic nitrogens is 1. The molecule has 0 spiro atoms. The zero-order valence-electron chi connectivity index (χ0n) is 21.0. The minimum atomic E-state index is -4.96. The molecule has 40 heavy (non-hydrogen) atoms. The number of nitrogens with zero attached hydrogens (tertiary/aromatic N) is 2. The van der Waals surface area contributed by atoms with Gasteiger partial charge >= 0.3 is 12.4 Å². The number of pyridine rings is 1. The number of hydrogen-bond donors (Lipinski definition) is 0. The van der Waals surface area contributed by atoms with Crippen molar-refractivity contribution in [2.24, 2.45) is 4.99 Å². The fourth-order valence-corrected chi connectivity index (χ4v) is 6.77. The normalized spacial score (nSPS) is 12.8. The molecular formula is C31H21F6N2P. The van der Waals surface area contributed by atoms with E-state index < -0.39 is 37.1 Å². The first-order valence-corrected chi connectivity index (χ1v) is 13.5. The van der Waals surface area contributed by atoms with Gasteiger partial charge in [0, 0.05) is 10.7 Å². The van der Waals surface area contributed by atoms with Crippen molar-refractivity contribution in [1.29, 1.82) is 0 Å². The second-order valence-electron chi connectivity index (χ2n) is 9.01. The molecule has 1 heterocycles. The van der Waals surface area contributed by atoms with Gasteiger partial charge < -0.3 is 0 Å². The van der Waals surface area contributed by atoms with Crippen LogP contribution in [0, 0.1) is 0 Å². The maximum absolute atomic E-state index is 13.3. The van der Waals surface area contributed by atoms with Gasteiger partial charge in [-0.25, -0.2) is 4.98 Å². The third-order valence-corrected chi connectivity index (χ3v) is 8.68. The molecular weight excluding hydrogens is 545 g/mol. The van der Waals surface area contributed by atoms with Gasteiger partial charge in [-0.05, 0) is 49.7 Å². The van der Waals surface area contributed by atoms with E-state index in [2.05, 4.69) is 29.3 Å². The van der Waals surface area contributed by atoms with E-state index >= 15 is 0 Å². The molecule has 0 fully saturated rings. The van der Waals surface area contributed by atoms with E-state index in [-0.39, 0.29) is 11.8 Å². The van der Waals surface area contributed by atoms with Crippen molar-refractivity contribution in [3.8, 4) is 0 Å². The first-order valence-electron chi connectivity index (χ1n) is 12.2. The van der Waals surface area contributed by atoms with E-state index in [1.165, 1.54) is 6.92 Å². The Kier molecular flexibility index (Phi) is 7.47. The summed E-state index contributed by atoms with van der Waals surface area (Å²) in [4.78, 5) is 8.96. The molecule has 2 nitrogen and oxygen atoms in total. The third-order valence-electron chi connectivity index (χ3n) is 6.21. The molecule has 0 amide bonds. The highest BCUT2D eigenvalue weighted by molar-refractivity contribution is 7.80. The van der Waals surface area contributed by atoms with Crippen molar-refractivity contribution in [2.45, 2.75) is 19.3 Å². The summed E-state index contributed by atoms with van der Waals surface area (Å²) in [5.41, 5.74) is -2.06. The Morgan fingerprint density at radius 3 is 1.73 bits per heavy atom. The van der Waals surface area contributed by atoms with Gasteiger partial charge in [0.15, 0.2) is 0 Å². The first-order chi connectivity index (χ1) is 19.0. The molecule has 4 aromatic carbocycles. The van der Waals surface area contributed by atoms with Crippen molar-refractivity contribution in [1.82, 2.24) is 4.98 Å². The maximum atomic E-state index is 13.3.